The van der Waals surface area contributed by atoms with Gasteiger partial charge in [-0.2, -0.15) is 0 Å². The minimum atomic E-state index is -0.0975. The summed E-state index contributed by atoms with van der Waals surface area (Å²) in [6.07, 6.45) is 0. The number of nitrogens with two attached hydrogens (primary N) is 1. The van der Waals surface area contributed by atoms with Crippen LogP contribution in [0.25, 0.3) is 0 Å². The molecule has 0 aliphatic carbocycles. The summed E-state index contributed by atoms with van der Waals surface area (Å²) in [6.45, 7) is 5.89. The molecule has 0 aliphatic heterocycles. The number of carbonyl (C=O) groups is 1. The molecule has 2 rings (SSSR count). The number of nitrogens with one attached hydrogen (secondary N) is 1. The highest BCUT2D eigenvalue weighted by Crippen LogP contribution is 2.19. The fourth-order valence-electron chi connectivity index (χ4n) is 2.13. The largest absolute Gasteiger partial charge is 0.399 e. The van der Waals surface area contributed by atoms with Crippen LogP contribution in [0.15, 0.2) is 36.4 Å². The molecule has 98 valence electrons. The van der Waals surface area contributed by atoms with Gasteiger partial charge in [-0.15, -0.1) is 0 Å². The van der Waals surface area contributed by atoms with Crippen LogP contribution >= 0.6 is 0 Å². The standard InChI is InChI=1S/C16H18N2O/c1-10-6-11(2)8-13(7-10)16(19)18-15-5-4-14(17)9-12(15)3/h4-9H,17H2,1-3H3,(H,18,19). The number of amides is 1. The first kappa shape index (κ1) is 13.1. The van der Waals surface area contributed by atoms with E-state index in [2.05, 4.69) is 5.32 Å². The lowest BCUT2D eigenvalue weighted by Crippen LogP contribution is -2.13. The number of hydrogen-bond acceptors (Lipinski definition) is 2. The Balaban J connectivity index is 2.25. The van der Waals surface area contributed by atoms with Crippen molar-refractivity contribution in [1.29, 1.82) is 0 Å². The number of aryl methyl sites for hydroxylation is 3. The van der Waals surface area contributed by atoms with Gasteiger partial charge in [-0.1, -0.05) is 17.2 Å². The summed E-state index contributed by atoms with van der Waals surface area (Å²) >= 11 is 0. The second-order valence-electron chi connectivity index (χ2n) is 4.90. The van der Waals surface area contributed by atoms with Crippen molar-refractivity contribution in [2.24, 2.45) is 0 Å². The minimum Gasteiger partial charge on any atom is -0.399 e. The van der Waals surface area contributed by atoms with Gasteiger partial charge in [-0.05, 0) is 56.7 Å². The molecule has 3 nitrogen and oxygen atoms in total. The van der Waals surface area contributed by atoms with Crippen molar-refractivity contribution in [2.75, 3.05) is 11.1 Å². The van der Waals surface area contributed by atoms with E-state index >= 15 is 0 Å². The SMILES string of the molecule is Cc1cc(C)cc(C(=O)Nc2ccc(N)cc2C)c1. The van der Waals surface area contributed by atoms with E-state index in [1.165, 1.54) is 0 Å². The first-order chi connectivity index (χ1) is 8.95. The molecule has 3 N–H and O–H groups in total. The van der Waals surface area contributed by atoms with Crippen LogP contribution in [0.5, 0.6) is 0 Å². The number of benzene rings is 2. The maximum atomic E-state index is 12.2. The molecule has 2 aromatic rings. The molecule has 19 heavy (non-hydrogen) atoms. The van der Waals surface area contributed by atoms with E-state index in [4.69, 9.17) is 5.73 Å². The van der Waals surface area contributed by atoms with Crippen molar-refractivity contribution in [3.05, 3.63) is 58.7 Å². The lowest BCUT2D eigenvalue weighted by molar-refractivity contribution is 0.102. The predicted molar refractivity (Wildman–Crippen MR) is 79.5 cm³/mol. The Kier molecular flexibility index (Phi) is 3.56. The quantitative estimate of drug-likeness (QED) is 0.806. The average Bonchev–Trinajstić information content (AvgIpc) is 2.31. The van der Waals surface area contributed by atoms with Crippen molar-refractivity contribution >= 4 is 17.3 Å². The zero-order valence-corrected chi connectivity index (χ0v) is 11.4. The van der Waals surface area contributed by atoms with Gasteiger partial charge in [0.05, 0.1) is 0 Å². The molecule has 0 spiro atoms. The van der Waals surface area contributed by atoms with Gasteiger partial charge in [0.15, 0.2) is 0 Å². The van der Waals surface area contributed by atoms with Crippen molar-refractivity contribution in [3.63, 3.8) is 0 Å². The highest BCUT2D eigenvalue weighted by Gasteiger charge is 2.08. The lowest BCUT2D eigenvalue weighted by atomic mass is 10.1. The van der Waals surface area contributed by atoms with Crippen LogP contribution in [0, 0.1) is 20.8 Å². The molecule has 0 aliphatic rings. The highest BCUT2D eigenvalue weighted by molar-refractivity contribution is 6.05. The molecule has 3 heteroatoms. The van der Waals surface area contributed by atoms with E-state index in [0.29, 0.717) is 11.3 Å². The maximum absolute atomic E-state index is 12.2. The predicted octanol–water partition coefficient (Wildman–Crippen LogP) is 3.45. The summed E-state index contributed by atoms with van der Waals surface area (Å²) in [4.78, 5) is 12.2. The molecule has 0 heterocycles. The van der Waals surface area contributed by atoms with Gasteiger partial charge in [-0.25, -0.2) is 0 Å². The number of anilines is 2. The van der Waals surface area contributed by atoms with Gasteiger partial charge < -0.3 is 11.1 Å². The van der Waals surface area contributed by atoms with E-state index in [0.717, 1.165) is 22.4 Å². The van der Waals surface area contributed by atoms with Crippen LogP contribution in [-0.4, -0.2) is 5.91 Å². The zero-order chi connectivity index (χ0) is 14.0. The maximum Gasteiger partial charge on any atom is 0.255 e. The van der Waals surface area contributed by atoms with Gasteiger partial charge in [-0.3, -0.25) is 4.79 Å². The van der Waals surface area contributed by atoms with Crippen LogP contribution in [0.2, 0.25) is 0 Å². The Bertz CT molecular complexity index is 612. The first-order valence-electron chi connectivity index (χ1n) is 6.21. The van der Waals surface area contributed by atoms with Crippen molar-refractivity contribution in [3.8, 4) is 0 Å². The first-order valence-corrected chi connectivity index (χ1v) is 6.21. The Morgan fingerprint density at radius 3 is 2.21 bits per heavy atom. The summed E-state index contributed by atoms with van der Waals surface area (Å²) in [5.74, 6) is -0.0975. The molecule has 0 atom stereocenters. The van der Waals surface area contributed by atoms with Crippen LogP contribution in [0.4, 0.5) is 11.4 Å². The number of nitrogen functional groups attached to an aromatic ring is 1. The Morgan fingerprint density at radius 2 is 1.63 bits per heavy atom. The van der Waals surface area contributed by atoms with E-state index in [1.54, 1.807) is 6.07 Å². The topological polar surface area (TPSA) is 55.1 Å². The summed E-state index contributed by atoms with van der Waals surface area (Å²) < 4.78 is 0. The summed E-state index contributed by atoms with van der Waals surface area (Å²) in [7, 11) is 0. The van der Waals surface area contributed by atoms with E-state index < -0.39 is 0 Å². The average molecular weight is 254 g/mol. The van der Waals surface area contributed by atoms with Gasteiger partial charge in [0.25, 0.3) is 5.91 Å². The van der Waals surface area contributed by atoms with Gasteiger partial charge in [0, 0.05) is 16.9 Å². The highest BCUT2D eigenvalue weighted by atomic mass is 16.1. The molecule has 0 unspecified atom stereocenters. The fraction of sp³-hybridized carbons (Fsp3) is 0.188. The Labute approximate surface area is 113 Å². The second kappa shape index (κ2) is 5.14. The van der Waals surface area contributed by atoms with Gasteiger partial charge >= 0.3 is 0 Å². The summed E-state index contributed by atoms with van der Waals surface area (Å²) in [5, 5.41) is 2.91. The smallest absolute Gasteiger partial charge is 0.255 e. The Morgan fingerprint density at radius 1 is 1.00 bits per heavy atom. The van der Waals surface area contributed by atoms with E-state index in [1.807, 2.05) is 51.1 Å². The molecule has 1 amide bonds. The molecule has 2 aromatic carbocycles. The van der Waals surface area contributed by atoms with Crippen LogP contribution in [0.1, 0.15) is 27.0 Å². The van der Waals surface area contributed by atoms with E-state index in [9.17, 15) is 4.79 Å². The van der Waals surface area contributed by atoms with Crippen molar-refractivity contribution in [1.82, 2.24) is 0 Å². The molecule has 0 saturated heterocycles. The normalized spacial score (nSPS) is 10.3. The molecule has 0 bridgehead atoms. The van der Waals surface area contributed by atoms with Crippen LogP contribution in [-0.2, 0) is 0 Å². The van der Waals surface area contributed by atoms with E-state index in [-0.39, 0.29) is 5.91 Å². The molecule has 0 aromatic heterocycles. The number of rotatable bonds is 2. The third kappa shape index (κ3) is 3.13. The molecular formula is C16H18N2O. The molecule has 0 saturated carbocycles. The molecule has 0 radical (unpaired) electrons. The second-order valence-corrected chi connectivity index (χ2v) is 4.90. The monoisotopic (exact) mass is 254 g/mol. The third-order valence-corrected chi connectivity index (χ3v) is 2.98. The van der Waals surface area contributed by atoms with Crippen molar-refractivity contribution in [2.45, 2.75) is 20.8 Å². The van der Waals surface area contributed by atoms with Gasteiger partial charge in [0.1, 0.15) is 0 Å². The number of hydrogen-bond donors (Lipinski definition) is 2. The third-order valence-electron chi connectivity index (χ3n) is 2.98. The Hall–Kier alpha value is -2.29. The summed E-state index contributed by atoms with van der Waals surface area (Å²) in [5.41, 5.74) is 11.0. The minimum absolute atomic E-state index is 0.0975. The number of carbonyl (C=O) groups excluding carboxylic acids is 1. The fourth-order valence-corrected chi connectivity index (χ4v) is 2.13. The molecular weight excluding hydrogens is 236 g/mol. The van der Waals surface area contributed by atoms with Crippen molar-refractivity contribution < 1.29 is 4.79 Å². The lowest BCUT2D eigenvalue weighted by Gasteiger charge is -2.10. The van der Waals surface area contributed by atoms with Crippen LogP contribution < -0.4 is 11.1 Å². The van der Waals surface area contributed by atoms with Gasteiger partial charge in [0.2, 0.25) is 0 Å². The van der Waals surface area contributed by atoms with Crippen LogP contribution in [0.3, 0.4) is 0 Å². The summed E-state index contributed by atoms with van der Waals surface area (Å²) in [6, 6.07) is 11.3. The zero-order valence-electron chi connectivity index (χ0n) is 11.4. The molecule has 0 fully saturated rings.